The molecule has 0 bridgehead atoms. The summed E-state index contributed by atoms with van der Waals surface area (Å²) in [5.74, 6) is 2.14. The first kappa shape index (κ1) is 106. The summed E-state index contributed by atoms with van der Waals surface area (Å²) < 4.78 is 69.3. The highest BCUT2D eigenvalue weighted by Crippen LogP contribution is 2.23. The van der Waals surface area contributed by atoms with Crippen LogP contribution in [0.1, 0.15) is 131 Å². The molecule has 0 saturated carbocycles. The van der Waals surface area contributed by atoms with Crippen molar-refractivity contribution in [2.45, 2.75) is 155 Å². The number of terminal acetylenes is 1. The Labute approximate surface area is 635 Å². The first-order valence-electron chi connectivity index (χ1n) is 32.0. The molecular weight excluding hydrogens is 1520 g/mol. The van der Waals surface area contributed by atoms with Crippen molar-refractivity contribution in [1.29, 1.82) is 0 Å². The summed E-state index contributed by atoms with van der Waals surface area (Å²) in [7, 11) is -8.39. The summed E-state index contributed by atoms with van der Waals surface area (Å²) in [5.41, 5.74) is 11.0. The summed E-state index contributed by atoms with van der Waals surface area (Å²) in [6.07, 6.45) is 11.3. The number of aromatic nitrogens is 12. The van der Waals surface area contributed by atoms with Crippen LogP contribution in [-0.2, 0) is 53.1 Å². The number of nitrogens with two attached hydrogens (primary N) is 2. The predicted molar refractivity (Wildman–Crippen MR) is 414 cm³/mol. The van der Waals surface area contributed by atoms with Gasteiger partial charge in [-0.3, -0.25) is 0 Å². The molecule has 10 N–H and O–H groups in total. The number of halogens is 7. The Hall–Kier alpha value is -3.10. The van der Waals surface area contributed by atoms with Crippen molar-refractivity contribution in [3.63, 3.8) is 0 Å². The largest absolute Gasteiger partial charge is 0.500 e. The first-order chi connectivity index (χ1) is 46.6. The van der Waals surface area contributed by atoms with Crippen LogP contribution in [0, 0.1) is 12.8 Å². The molecule has 4 rings (SSSR count). The van der Waals surface area contributed by atoms with E-state index < -0.39 is 35.2 Å². The van der Waals surface area contributed by atoms with Gasteiger partial charge in [-0.15, -0.1) is 12.8 Å². The third-order valence-electron chi connectivity index (χ3n) is 11.1. The van der Waals surface area contributed by atoms with Crippen LogP contribution in [-0.4, -0.2) is 227 Å². The van der Waals surface area contributed by atoms with E-state index in [-0.39, 0.29) is 59.3 Å². The number of nitrogens with zero attached hydrogens (tertiary/aromatic N) is 12. The topological polar surface area (TPSA) is 390 Å². The Balaban J connectivity index is -0.000000384. The normalized spacial score (nSPS) is 10.9. The number of rotatable bonds is 48. The number of hydrogen-bond donors (Lipinski definition) is 8. The number of nitrogens with one attached hydrogen (secondary N) is 6. The fourth-order valence-corrected chi connectivity index (χ4v) is 19.7. The van der Waals surface area contributed by atoms with E-state index in [1.807, 2.05) is 90.1 Å². The fraction of sp³-hybridized carbons (Fsp3) is 0.754. The predicted octanol–water partition coefficient (Wildman–Crippen LogP) is 12.1. The molecule has 0 aliphatic carbocycles. The van der Waals surface area contributed by atoms with Gasteiger partial charge in [0.1, 0.15) is 0 Å². The average Bonchev–Trinajstić information content (AvgIpc) is 0.883. The second-order valence-corrected chi connectivity index (χ2v) is 31.5. The van der Waals surface area contributed by atoms with Gasteiger partial charge >= 0.3 is 35.2 Å². The maximum atomic E-state index is 5.88. The standard InChI is InChI=1S/C16H36N8O3Si.2C12H22Cl2N4O3Si.C9H23NO3Si.C3Cl3N3.C2H2.3CH4/c1-5-25-28(26-6-2,27-7-3)12-8-10-19-14-22-15(20-11-9-17)24-16(23-14)21-13-18-4;2*1-4-19-22(20-5-2,21-6-3)9-7-8-15-12-17-10(13)16-11(14)18-12;1-4-11-14(12-5-2,13-6-3)9-7-8-10;4-1-7-2(5)9-3(6)8-1;1-2;;;/h18H,5-13,17H2,1-4H3,(H3,19,20,21,22,23,24);2*4-9H2,1-3H3,(H,15,16,17,18);4-10H2,1-3H3;;1-2H;3*1H4. The minimum absolute atomic E-state index is 0. The van der Waals surface area contributed by atoms with E-state index in [0.717, 1.165) is 37.8 Å². The second-order valence-electron chi connectivity index (χ2n) is 18.2. The summed E-state index contributed by atoms with van der Waals surface area (Å²) in [6, 6.07) is 2.97. The van der Waals surface area contributed by atoms with E-state index in [2.05, 4.69) is 105 Å². The maximum Gasteiger partial charge on any atom is 0.500 e. The van der Waals surface area contributed by atoms with Crippen molar-refractivity contribution in [3.8, 4) is 12.8 Å². The Bertz CT molecular complexity index is 2360. The molecule has 0 amide bonds. The van der Waals surface area contributed by atoms with Crippen LogP contribution in [0.15, 0.2) is 0 Å². The van der Waals surface area contributed by atoms with Gasteiger partial charge in [-0.25, -0.2) is 0 Å². The van der Waals surface area contributed by atoms with Crippen molar-refractivity contribution in [2.75, 3.05) is 159 Å². The van der Waals surface area contributed by atoms with E-state index in [1.165, 1.54) is 0 Å². The van der Waals surface area contributed by atoms with Crippen LogP contribution in [0.5, 0.6) is 0 Å². The van der Waals surface area contributed by atoms with Crippen molar-refractivity contribution in [2.24, 2.45) is 11.5 Å². The molecule has 0 fully saturated rings. The molecule has 4 aromatic heterocycles. The highest BCUT2D eigenvalue weighted by atomic mass is 35.5. The Morgan fingerprint density at radius 2 is 0.480 bits per heavy atom. The molecule has 43 heteroatoms. The van der Waals surface area contributed by atoms with Gasteiger partial charge in [0.2, 0.25) is 66.7 Å². The minimum Gasteiger partial charge on any atom is -0.374 e. The van der Waals surface area contributed by atoms with E-state index in [1.54, 1.807) is 0 Å². The van der Waals surface area contributed by atoms with E-state index in [4.69, 9.17) is 146 Å². The van der Waals surface area contributed by atoms with Crippen LogP contribution < -0.4 is 43.4 Å². The Morgan fingerprint density at radius 1 is 0.290 bits per heavy atom. The third-order valence-corrected chi connectivity index (χ3v) is 24.9. The van der Waals surface area contributed by atoms with E-state index in [9.17, 15) is 0 Å². The van der Waals surface area contributed by atoms with Crippen LogP contribution in [0.2, 0.25) is 61.2 Å². The SMILES string of the molecule is C.C.C.C#C.CCO[Si](CCCN)(OCC)OCC.CCO[Si](CCCNc1nc(Cl)nc(Cl)n1)(OCC)OCC.CCO[Si](CCCNc1nc(Cl)nc(Cl)n1)(OCC)OCC.CCO[Si](CCCNc1nc(NCCN)nc(NCNC)n1)(OCC)OCC.Clc1nc(Cl)nc(Cl)n1. The average molecular weight is 1640 g/mol. The molecule has 0 aliphatic rings. The Morgan fingerprint density at radius 3 is 0.680 bits per heavy atom. The van der Waals surface area contributed by atoms with Gasteiger partial charge < -0.3 is 96.5 Å². The van der Waals surface area contributed by atoms with Crippen LogP contribution >= 0.6 is 81.2 Å². The lowest BCUT2D eigenvalue weighted by atomic mass is 10.5. The van der Waals surface area contributed by atoms with E-state index in [0.29, 0.717) is 167 Å². The van der Waals surface area contributed by atoms with Crippen molar-refractivity contribution in [3.05, 3.63) is 37.0 Å². The molecule has 32 nitrogen and oxygen atoms in total. The lowest BCUT2D eigenvalue weighted by molar-refractivity contribution is 0.0702. The molecule has 0 atom stereocenters. The molecule has 4 aromatic rings. The van der Waals surface area contributed by atoms with Crippen molar-refractivity contribution < 1.29 is 53.1 Å². The first-order valence-corrected chi connectivity index (χ1v) is 42.4. The van der Waals surface area contributed by atoms with Crippen molar-refractivity contribution in [1.82, 2.24) is 65.1 Å². The second kappa shape index (κ2) is 66.6. The summed E-state index contributed by atoms with van der Waals surface area (Å²) >= 11 is 38.8. The van der Waals surface area contributed by atoms with Crippen LogP contribution in [0.3, 0.4) is 0 Å². The minimum atomic E-state index is -2.63. The zero-order valence-corrected chi connectivity index (χ0v) is 67.6. The quantitative estimate of drug-likeness (QED) is 0.00881. The Kier molecular flexibility index (Phi) is 70.2. The van der Waals surface area contributed by atoms with Gasteiger partial charge in [-0.05, 0) is 204 Å². The molecule has 0 radical (unpaired) electrons. The summed E-state index contributed by atoms with van der Waals surface area (Å²) in [5, 5.41) is 18.7. The number of hydrogen-bond acceptors (Lipinski definition) is 32. The smallest absolute Gasteiger partial charge is 0.374 e. The highest BCUT2D eigenvalue weighted by Gasteiger charge is 2.42. The zero-order valence-electron chi connectivity index (χ0n) is 58.3. The molecular formula is C57H117Cl7N20O12Si4. The maximum absolute atomic E-state index is 5.88. The van der Waals surface area contributed by atoms with Crippen molar-refractivity contribution >= 4 is 146 Å². The summed E-state index contributed by atoms with van der Waals surface area (Å²) in [4.78, 5) is 46.6. The third kappa shape index (κ3) is 49.6. The van der Waals surface area contributed by atoms with Gasteiger partial charge in [-0.2, -0.15) is 59.8 Å². The monoisotopic (exact) mass is 1630 g/mol. The number of anilines is 5. The van der Waals surface area contributed by atoms with Crippen LogP contribution in [0.4, 0.5) is 29.7 Å². The van der Waals surface area contributed by atoms with Gasteiger partial charge in [0.15, 0.2) is 0 Å². The molecule has 100 heavy (non-hydrogen) atoms. The molecule has 0 saturated heterocycles. The summed E-state index contributed by atoms with van der Waals surface area (Å²) in [6.45, 7) is 34.6. The molecule has 582 valence electrons. The molecule has 0 unspecified atom stereocenters. The van der Waals surface area contributed by atoms with Gasteiger partial charge in [0.05, 0.1) is 6.67 Å². The van der Waals surface area contributed by atoms with Crippen LogP contribution in [0.25, 0.3) is 0 Å². The van der Waals surface area contributed by atoms with Gasteiger partial charge in [0, 0.05) is 136 Å². The fourth-order valence-electron chi connectivity index (χ4n) is 7.92. The molecule has 0 aliphatic heterocycles. The molecule has 0 spiro atoms. The lowest BCUT2D eigenvalue weighted by Crippen LogP contribution is -2.46. The highest BCUT2D eigenvalue weighted by molar-refractivity contribution is 6.62. The van der Waals surface area contributed by atoms with E-state index >= 15 is 0 Å². The molecule has 4 heterocycles. The lowest BCUT2D eigenvalue weighted by Gasteiger charge is -2.28. The van der Waals surface area contributed by atoms with Gasteiger partial charge in [0.25, 0.3) is 0 Å². The van der Waals surface area contributed by atoms with Gasteiger partial charge in [-0.1, -0.05) is 22.3 Å². The molecule has 0 aromatic carbocycles. The zero-order chi connectivity index (χ0) is 73.2.